The van der Waals surface area contributed by atoms with Crippen LogP contribution in [0.1, 0.15) is 16.7 Å². The smallest absolute Gasteiger partial charge is 0.234 e. The zero-order valence-electron chi connectivity index (χ0n) is 12.2. The van der Waals surface area contributed by atoms with Gasteiger partial charge in [-0.25, -0.2) is 0 Å². The van der Waals surface area contributed by atoms with E-state index in [4.69, 9.17) is 11.6 Å². The van der Waals surface area contributed by atoms with E-state index in [1.807, 2.05) is 37.3 Å². The molecule has 0 aromatic heterocycles. The fourth-order valence-electron chi connectivity index (χ4n) is 1.95. The molecular formula is C17H18ClNOS. The molecule has 2 aromatic carbocycles. The second kappa shape index (κ2) is 7.53. The van der Waals surface area contributed by atoms with Gasteiger partial charge in [0.2, 0.25) is 5.91 Å². The first kappa shape index (κ1) is 15.9. The van der Waals surface area contributed by atoms with Gasteiger partial charge in [0.05, 0.1) is 5.75 Å². The van der Waals surface area contributed by atoms with Crippen LogP contribution in [0.2, 0.25) is 5.02 Å². The minimum atomic E-state index is -0.000971. The van der Waals surface area contributed by atoms with Crippen LogP contribution in [-0.4, -0.2) is 11.7 Å². The molecule has 0 aliphatic rings. The van der Waals surface area contributed by atoms with Crippen molar-refractivity contribution in [2.45, 2.75) is 19.6 Å². The van der Waals surface area contributed by atoms with Gasteiger partial charge in [-0.3, -0.25) is 4.79 Å². The summed E-state index contributed by atoms with van der Waals surface area (Å²) < 4.78 is 0. The highest BCUT2D eigenvalue weighted by atomic mass is 35.5. The third-order valence-corrected chi connectivity index (χ3v) is 4.68. The predicted octanol–water partition coefficient (Wildman–Crippen LogP) is 4.83. The van der Waals surface area contributed by atoms with Crippen LogP contribution in [-0.2, 0) is 10.5 Å². The van der Waals surface area contributed by atoms with Crippen molar-refractivity contribution < 1.29 is 4.79 Å². The Hall–Kier alpha value is -1.45. The topological polar surface area (TPSA) is 29.1 Å². The highest BCUT2D eigenvalue weighted by Crippen LogP contribution is 2.23. The molecule has 2 nitrogen and oxygen atoms in total. The number of rotatable bonds is 5. The Bertz CT molecular complexity index is 642. The summed E-state index contributed by atoms with van der Waals surface area (Å²) in [5.74, 6) is 1.27. The molecule has 0 spiro atoms. The summed E-state index contributed by atoms with van der Waals surface area (Å²) in [6.45, 7) is 3.99. The number of hydrogen-bond donors (Lipinski definition) is 1. The van der Waals surface area contributed by atoms with E-state index in [9.17, 15) is 4.79 Å². The summed E-state index contributed by atoms with van der Waals surface area (Å²) >= 11 is 7.66. The van der Waals surface area contributed by atoms with Crippen LogP contribution in [0.4, 0.5) is 5.69 Å². The number of thioether (sulfide) groups is 1. The SMILES string of the molecule is Cc1ccccc1CSCC(=O)Nc1cccc(Cl)c1C. The largest absolute Gasteiger partial charge is 0.325 e. The zero-order valence-corrected chi connectivity index (χ0v) is 13.7. The van der Waals surface area contributed by atoms with Crippen molar-refractivity contribution in [3.05, 3.63) is 64.2 Å². The molecule has 1 N–H and O–H groups in total. The lowest BCUT2D eigenvalue weighted by Crippen LogP contribution is -2.15. The Balaban J connectivity index is 1.85. The molecule has 0 bridgehead atoms. The standard InChI is InChI=1S/C17H18ClNOS/c1-12-6-3-4-7-14(12)10-21-11-17(20)19-16-9-5-8-15(18)13(16)2/h3-9H,10-11H2,1-2H3,(H,19,20). The fraction of sp³-hybridized carbons (Fsp3) is 0.235. The molecule has 0 saturated heterocycles. The molecule has 0 fully saturated rings. The van der Waals surface area contributed by atoms with Gasteiger partial charge >= 0.3 is 0 Å². The van der Waals surface area contributed by atoms with Crippen molar-refractivity contribution in [1.82, 2.24) is 0 Å². The van der Waals surface area contributed by atoms with E-state index in [0.29, 0.717) is 10.8 Å². The van der Waals surface area contributed by atoms with Gasteiger partial charge in [-0.1, -0.05) is 41.9 Å². The lowest BCUT2D eigenvalue weighted by atomic mass is 10.1. The number of carbonyl (C=O) groups excluding carboxylic acids is 1. The van der Waals surface area contributed by atoms with Crippen molar-refractivity contribution in [2.24, 2.45) is 0 Å². The van der Waals surface area contributed by atoms with Crippen LogP contribution in [0.3, 0.4) is 0 Å². The second-order valence-electron chi connectivity index (χ2n) is 4.88. The average Bonchev–Trinajstić information content (AvgIpc) is 2.46. The normalized spacial score (nSPS) is 10.4. The number of benzene rings is 2. The highest BCUT2D eigenvalue weighted by Gasteiger charge is 2.07. The molecule has 0 unspecified atom stereocenters. The van der Waals surface area contributed by atoms with E-state index >= 15 is 0 Å². The number of nitrogens with one attached hydrogen (secondary N) is 1. The zero-order chi connectivity index (χ0) is 15.2. The van der Waals surface area contributed by atoms with Crippen molar-refractivity contribution in [2.75, 3.05) is 11.1 Å². The Morgan fingerprint density at radius 1 is 1.14 bits per heavy atom. The maximum atomic E-state index is 12.0. The first-order valence-corrected chi connectivity index (χ1v) is 8.28. The number of carbonyl (C=O) groups is 1. The lowest BCUT2D eigenvalue weighted by Gasteiger charge is -2.09. The van der Waals surface area contributed by atoms with Crippen LogP contribution in [0, 0.1) is 13.8 Å². The molecule has 21 heavy (non-hydrogen) atoms. The summed E-state index contributed by atoms with van der Waals surface area (Å²) in [7, 11) is 0. The Labute approximate surface area is 134 Å². The minimum absolute atomic E-state index is 0.000971. The summed E-state index contributed by atoms with van der Waals surface area (Å²) in [5, 5.41) is 3.57. The molecule has 2 rings (SSSR count). The Morgan fingerprint density at radius 2 is 1.90 bits per heavy atom. The van der Waals surface area contributed by atoms with Gasteiger partial charge in [-0.05, 0) is 42.7 Å². The molecule has 2 aromatic rings. The third-order valence-electron chi connectivity index (χ3n) is 3.29. The average molecular weight is 320 g/mol. The van der Waals surface area contributed by atoms with Crippen LogP contribution in [0.5, 0.6) is 0 Å². The molecule has 0 aliphatic carbocycles. The summed E-state index contributed by atoms with van der Waals surface area (Å²) in [6, 6.07) is 13.8. The van der Waals surface area contributed by atoms with Gasteiger partial charge < -0.3 is 5.32 Å². The second-order valence-corrected chi connectivity index (χ2v) is 6.27. The summed E-state index contributed by atoms with van der Waals surface area (Å²) in [4.78, 5) is 12.0. The van der Waals surface area contributed by atoms with Crippen molar-refractivity contribution in [1.29, 1.82) is 0 Å². The molecule has 0 atom stereocenters. The van der Waals surface area contributed by atoms with Crippen LogP contribution < -0.4 is 5.32 Å². The Morgan fingerprint density at radius 3 is 2.67 bits per heavy atom. The number of halogens is 1. The van der Waals surface area contributed by atoms with E-state index in [0.717, 1.165) is 17.0 Å². The third kappa shape index (κ3) is 4.51. The molecular weight excluding hydrogens is 302 g/mol. The lowest BCUT2D eigenvalue weighted by molar-refractivity contribution is -0.113. The Kier molecular flexibility index (Phi) is 5.71. The van der Waals surface area contributed by atoms with Crippen LogP contribution in [0.15, 0.2) is 42.5 Å². The molecule has 0 radical (unpaired) electrons. The van der Waals surface area contributed by atoms with Gasteiger partial charge in [0.1, 0.15) is 0 Å². The first-order chi connectivity index (χ1) is 10.1. The van der Waals surface area contributed by atoms with E-state index in [-0.39, 0.29) is 5.91 Å². The summed E-state index contributed by atoms with van der Waals surface area (Å²) in [5.41, 5.74) is 4.21. The predicted molar refractivity (Wildman–Crippen MR) is 92.2 cm³/mol. The minimum Gasteiger partial charge on any atom is -0.325 e. The number of anilines is 1. The van der Waals surface area contributed by atoms with Gasteiger partial charge in [0.25, 0.3) is 0 Å². The van der Waals surface area contributed by atoms with Crippen LogP contribution >= 0.6 is 23.4 Å². The van der Waals surface area contributed by atoms with Gasteiger partial charge in [0.15, 0.2) is 0 Å². The molecule has 4 heteroatoms. The van der Waals surface area contributed by atoms with Gasteiger partial charge in [-0.15, -0.1) is 11.8 Å². The maximum absolute atomic E-state index is 12.0. The van der Waals surface area contributed by atoms with Crippen LogP contribution in [0.25, 0.3) is 0 Å². The molecule has 1 amide bonds. The van der Waals surface area contributed by atoms with E-state index in [2.05, 4.69) is 24.4 Å². The van der Waals surface area contributed by atoms with Crippen molar-refractivity contribution in [3.8, 4) is 0 Å². The number of amides is 1. The van der Waals surface area contributed by atoms with E-state index < -0.39 is 0 Å². The number of aryl methyl sites for hydroxylation is 1. The van der Waals surface area contributed by atoms with E-state index in [1.165, 1.54) is 11.1 Å². The molecule has 0 aliphatic heterocycles. The van der Waals surface area contributed by atoms with Gasteiger partial charge in [-0.2, -0.15) is 0 Å². The molecule has 0 saturated carbocycles. The monoisotopic (exact) mass is 319 g/mol. The fourth-order valence-corrected chi connectivity index (χ4v) is 3.03. The molecule has 0 heterocycles. The quantitative estimate of drug-likeness (QED) is 0.855. The highest BCUT2D eigenvalue weighted by molar-refractivity contribution is 7.99. The maximum Gasteiger partial charge on any atom is 0.234 e. The van der Waals surface area contributed by atoms with Crippen molar-refractivity contribution >= 4 is 35.0 Å². The summed E-state index contributed by atoms with van der Waals surface area (Å²) in [6.07, 6.45) is 0. The van der Waals surface area contributed by atoms with Gasteiger partial charge in [0, 0.05) is 16.5 Å². The number of hydrogen-bond acceptors (Lipinski definition) is 2. The first-order valence-electron chi connectivity index (χ1n) is 6.75. The molecule has 110 valence electrons. The van der Waals surface area contributed by atoms with Crippen molar-refractivity contribution in [3.63, 3.8) is 0 Å². The van der Waals surface area contributed by atoms with E-state index in [1.54, 1.807) is 11.8 Å².